The number of rotatable bonds is 5. The van der Waals surface area contributed by atoms with Gasteiger partial charge in [-0.15, -0.1) is 12.4 Å². The number of likely N-dealkylation sites (tertiary alicyclic amines) is 1. The van der Waals surface area contributed by atoms with Crippen LogP contribution in [0.5, 0.6) is 0 Å². The summed E-state index contributed by atoms with van der Waals surface area (Å²) in [5.41, 5.74) is 7.55. The average molecular weight is 542 g/mol. The number of hydrogen-bond donors (Lipinski definition) is 3. The van der Waals surface area contributed by atoms with Crippen molar-refractivity contribution in [1.29, 1.82) is 5.41 Å². The molecular formula is C27H32ClN5O3S. The van der Waals surface area contributed by atoms with E-state index < -0.39 is 16.1 Å². The van der Waals surface area contributed by atoms with Gasteiger partial charge in [0.1, 0.15) is 6.04 Å². The Hall–Kier alpha value is -3.14. The van der Waals surface area contributed by atoms with Crippen molar-refractivity contribution in [2.75, 3.05) is 19.6 Å². The van der Waals surface area contributed by atoms with Crippen LogP contribution in [0.1, 0.15) is 24.0 Å². The van der Waals surface area contributed by atoms with E-state index in [2.05, 4.69) is 5.32 Å². The number of amides is 1. The highest BCUT2D eigenvalue weighted by atomic mass is 35.5. The quantitative estimate of drug-likeness (QED) is 0.339. The fourth-order valence-corrected chi connectivity index (χ4v) is 6.85. The molecule has 2 aliphatic rings. The van der Waals surface area contributed by atoms with Gasteiger partial charge in [-0.1, -0.05) is 54.6 Å². The molecule has 0 saturated carbocycles. The highest BCUT2D eigenvalue weighted by molar-refractivity contribution is 7.89. The van der Waals surface area contributed by atoms with Crippen molar-refractivity contribution in [3.05, 3.63) is 77.9 Å². The number of benzene rings is 3. The first-order valence-corrected chi connectivity index (χ1v) is 13.7. The summed E-state index contributed by atoms with van der Waals surface area (Å²) in [7, 11) is -3.93. The number of carbonyl (C=O) groups is 1. The monoisotopic (exact) mass is 541 g/mol. The van der Waals surface area contributed by atoms with Crippen LogP contribution in [0, 0.1) is 11.3 Å². The van der Waals surface area contributed by atoms with Gasteiger partial charge in [0.2, 0.25) is 15.9 Å². The highest BCUT2D eigenvalue weighted by Crippen LogP contribution is 2.30. The minimum atomic E-state index is -3.93. The summed E-state index contributed by atoms with van der Waals surface area (Å²) in [6, 6.07) is 19.6. The summed E-state index contributed by atoms with van der Waals surface area (Å²) in [5, 5.41) is 12.5. The molecule has 1 fully saturated rings. The molecule has 10 heteroatoms. The average Bonchev–Trinajstić information content (AvgIpc) is 2.90. The third-order valence-electron chi connectivity index (χ3n) is 7.26. The molecular weight excluding hydrogens is 510 g/mol. The predicted octanol–water partition coefficient (Wildman–Crippen LogP) is 3.10. The van der Waals surface area contributed by atoms with Crippen molar-refractivity contribution in [3.63, 3.8) is 0 Å². The second kappa shape index (κ2) is 11.1. The van der Waals surface area contributed by atoms with Crippen LogP contribution in [0.4, 0.5) is 0 Å². The lowest BCUT2D eigenvalue weighted by molar-refractivity contribution is -0.125. The van der Waals surface area contributed by atoms with E-state index in [-0.39, 0.29) is 41.6 Å². The number of fused-ring (bicyclic) bond motifs is 2. The van der Waals surface area contributed by atoms with Crippen molar-refractivity contribution in [1.82, 2.24) is 14.5 Å². The number of hydrogen-bond acceptors (Lipinski definition) is 4. The molecule has 4 N–H and O–H groups in total. The molecule has 0 unspecified atom stereocenters. The molecule has 2 aliphatic heterocycles. The Morgan fingerprint density at radius 1 is 1.03 bits per heavy atom. The lowest BCUT2D eigenvalue weighted by Gasteiger charge is -2.36. The van der Waals surface area contributed by atoms with Crippen LogP contribution in [0.15, 0.2) is 71.6 Å². The maximum atomic E-state index is 13.9. The van der Waals surface area contributed by atoms with E-state index in [4.69, 9.17) is 11.1 Å². The molecule has 1 amide bonds. The minimum absolute atomic E-state index is 0. The van der Waals surface area contributed by atoms with Crippen LogP contribution in [0.2, 0.25) is 0 Å². The van der Waals surface area contributed by atoms with E-state index in [0.29, 0.717) is 19.5 Å². The first-order valence-electron chi connectivity index (χ1n) is 12.3. The Kier molecular flexibility index (Phi) is 8.06. The standard InChI is InChI=1S/C27H31N5O3S.ClH/c28-27(29)31-13-5-6-19(17-31)16-30-26(33)25-15-22-9-3-4-10-23(22)18-32(25)36(34,35)24-12-11-20-7-1-2-8-21(20)14-24;/h1-4,7-12,14,19,25H,5-6,13,15-18H2,(H3,28,29)(H,30,33);1H/t19-,25+;/m0./s1. The molecule has 0 radical (unpaired) electrons. The zero-order valence-corrected chi connectivity index (χ0v) is 22.1. The molecule has 0 spiro atoms. The van der Waals surface area contributed by atoms with Gasteiger partial charge in [-0.2, -0.15) is 4.31 Å². The number of carbonyl (C=O) groups excluding carboxylic acids is 1. The van der Waals surface area contributed by atoms with Crippen molar-refractivity contribution in [2.24, 2.45) is 11.7 Å². The van der Waals surface area contributed by atoms with Gasteiger partial charge in [0.25, 0.3) is 0 Å². The fourth-order valence-electron chi connectivity index (χ4n) is 5.25. The van der Waals surface area contributed by atoms with E-state index in [1.165, 1.54) is 4.31 Å². The summed E-state index contributed by atoms with van der Waals surface area (Å²) < 4.78 is 29.1. The summed E-state index contributed by atoms with van der Waals surface area (Å²) in [6.07, 6.45) is 2.15. The molecule has 3 aromatic carbocycles. The van der Waals surface area contributed by atoms with E-state index in [0.717, 1.165) is 41.3 Å². The largest absolute Gasteiger partial charge is 0.370 e. The zero-order valence-electron chi connectivity index (χ0n) is 20.5. The van der Waals surface area contributed by atoms with Gasteiger partial charge < -0.3 is 16.0 Å². The van der Waals surface area contributed by atoms with Gasteiger partial charge in [-0.25, -0.2) is 8.42 Å². The first kappa shape index (κ1) is 26.9. The molecule has 2 atom stereocenters. The Morgan fingerprint density at radius 3 is 2.49 bits per heavy atom. The SMILES string of the molecule is Cl.N=C(N)N1CCC[C@@H](CNC(=O)[C@H]2Cc3ccccc3CN2S(=O)(=O)c2ccc3ccccc3c2)C1. The lowest BCUT2D eigenvalue weighted by Crippen LogP contribution is -2.54. The Morgan fingerprint density at radius 2 is 1.73 bits per heavy atom. The lowest BCUT2D eigenvalue weighted by atomic mass is 9.94. The number of nitrogens with one attached hydrogen (secondary N) is 2. The molecule has 5 rings (SSSR count). The molecule has 8 nitrogen and oxygen atoms in total. The van der Waals surface area contributed by atoms with Gasteiger partial charge in [-0.3, -0.25) is 10.2 Å². The molecule has 0 bridgehead atoms. The third-order valence-corrected chi connectivity index (χ3v) is 9.11. The van der Waals surface area contributed by atoms with Gasteiger partial charge in [0.15, 0.2) is 5.96 Å². The molecule has 37 heavy (non-hydrogen) atoms. The second-order valence-corrected chi connectivity index (χ2v) is 11.5. The molecule has 0 aliphatic carbocycles. The van der Waals surface area contributed by atoms with E-state index >= 15 is 0 Å². The minimum Gasteiger partial charge on any atom is -0.370 e. The van der Waals surface area contributed by atoms with Crippen LogP contribution in [-0.4, -0.2) is 55.2 Å². The van der Waals surface area contributed by atoms with Crippen LogP contribution in [-0.2, 0) is 27.8 Å². The van der Waals surface area contributed by atoms with Gasteiger partial charge >= 0.3 is 0 Å². The van der Waals surface area contributed by atoms with E-state index in [1.807, 2.05) is 53.4 Å². The number of sulfonamides is 1. The first-order chi connectivity index (χ1) is 17.3. The van der Waals surface area contributed by atoms with Crippen molar-refractivity contribution in [2.45, 2.75) is 36.7 Å². The van der Waals surface area contributed by atoms with Gasteiger partial charge in [0.05, 0.1) is 4.90 Å². The van der Waals surface area contributed by atoms with Gasteiger partial charge in [-0.05, 0) is 59.2 Å². The second-order valence-electron chi connectivity index (χ2n) is 9.63. The van der Waals surface area contributed by atoms with Gasteiger partial charge in [0, 0.05) is 26.2 Å². The van der Waals surface area contributed by atoms with Crippen LogP contribution < -0.4 is 11.1 Å². The van der Waals surface area contributed by atoms with Crippen LogP contribution >= 0.6 is 12.4 Å². The van der Waals surface area contributed by atoms with E-state index in [1.54, 1.807) is 18.2 Å². The molecule has 2 heterocycles. The number of guanidine groups is 1. The van der Waals surface area contributed by atoms with Crippen LogP contribution in [0.3, 0.4) is 0 Å². The maximum absolute atomic E-state index is 13.9. The number of nitrogens with zero attached hydrogens (tertiary/aromatic N) is 2. The molecule has 196 valence electrons. The van der Waals surface area contributed by atoms with Crippen molar-refractivity contribution >= 4 is 45.1 Å². The molecule has 0 aromatic heterocycles. The summed E-state index contributed by atoms with van der Waals surface area (Å²) >= 11 is 0. The predicted molar refractivity (Wildman–Crippen MR) is 147 cm³/mol. The molecule has 1 saturated heterocycles. The zero-order chi connectivity index (χ0) is 25.3. The topological polar surface area (TPSA) is 120 Å². The summed E-state index contributed by atoms with van der Waals surface area (Å²) in [6.45, 7) is 1.93. The van der Waals surface area contributed by atoms with Crippen molar-refractivity contribution in [3.8, 4) is 0 Å². The number of nitrogens with two attached hydrogens (primary N) is 1. The fraction of sp³-hybridized carbons (Fsp3) is 0.333. The maximum Gasteiger partial charge on any atom is 0.244 e. The third kappa shape index (κ3) is 5.58. The normalized spacial score (nSPS) is 20.1. The molecule has 3 aromatic rings. The number of halogens is 1. The van der Waals surface area contributed by atoms with Crippen LogP contribution in [0.25, 0.3) is 10.8 Å². The highest BCUT2D eigenvalue weighted by Gasteiger charge is 2.39. The Labute approximate surface area is 223 Å². The Balaban J connectivity index is 0.00000320. The Bertz CT molecular complexity index is 1410. The smallest absolute Gasteiger partial charge is 0.244 e. The summed E-state index contributed by atoms with van der Waals surface area (Å²) in [5.74, 6) is -0.0931. The number of piperidine rings is 1. The summed E-state index contributed by atoms with van der Waals surface area (Å²) in [4.78, 5) is 15.5. The van der Waals surface area contributed by atoms with Crippen molar-refractivity contribution < 1.29 is 13.2 Å². The van der Waals surface area contributed by atoms with E-state index in [9.17, 15) is 13.2 Å².